The van der Waals surface area contributed by atoms with Gasteiger partial charge >= 0.3 is 15.2 Å². The molecule has 0 saturated heterocycles. The molecule has 10 heavy (non-hydrogen) atoms. The Kier molecular flexibility index (Phi) is 4.63. The predicted octanol–water partition coefficient (Wildman–Crippen LogP) is -0.539. The zero-order valence-corrected chi connectivity index (χ0v) is 6.70. The number of hydrogen-bond donors (Lipinski definition) is 5. The fraction of sp³-hybridized carbons (Fsp3) is 1.00. The van der Waals surface area contributed by atoms with Crippen LogP contribution in [0.2, 0.25) is 0 Å². The van der Waals surface area contributed by atoms with Gasteiger partial charge in [-0.25, -0.2) is 0 Å². The van der Waals surface area contributed by atoms with Crippen LogP contribution in [0.3, 0.4) is 0 Å². The standard InChI is InChI=1S/CH6O6P2.H3N/c2-8(3,4)1-9(5,6)7;/h1H2,(H2,2,3,4)(H2,5,6,7);1H3. The number of hydrogen-bond acceptors (Lipinski definition) is 3. The van der Waals surface area contributed by atoms with E-state index in [1.54, 1.807) is 0 Å². The van der Waals surface area contributed by atoms with E-state index in [4.69, 9.17) is 19.6 Å². The second-order valence-corrected chi connectivity index (χ2v) is 5.26. The largest absolute Gasteiger partial charge is 0.344 e. The van der Waals surface area contributed by atoms with Gasteiger partial charge in [0.2, 0.25) is 0 Å². The van der Waals surface area contributed by atoms with Crippen LogP contribution in [0.15, 0.2) is 0 Å². The summed E-state index contributed by atoms with van der Waals surface area (Å²) in [6, 6.07) is 0. The lowest BCUT2D eigenvalue weighted by Gasteiger charge is -2.03. The fourth-order valence-corrected chi connectivity index (χ4v) is 2.16. The lowest BCUT2D eigenvalue weighted by Crippen LogP contribution is -1.88. The van der Waals surface area contributed by atoms with Crippen LogP contribution in [-0.2, 0) is 9.13 Å². The van der Waals surface area contributed by atoms with E-state index < -0.39 is 21.1 Å². The maximum atomic E-state index is 9.85. The average molecular weight is 193 g/mol. The molecule has 0 spiro atoms. The highest BCUT2D eigenvalue weighted by Gasteiger charge is 2.26. The second kappa shape index (κ2) is 3.59. The topological polar surface area (TPSA) is 150 Å². The van der Waals surface area contributed by atoms with Crippen molar-refractivity contribution in [2.45, 2.75) is 0 Å². The Hall–Kier alpha value is 0.260. The van der Waals surface area contributed by atoms with E-state index in [0.717, 1.165) is 0 Å². The predicted molar refractivity (Wildman–Crippen MR) is 34.0 cm³/mol. The molecule has 64 valence electrons. The molecule has 0 aromatic carbocycles. The first-order valence-electron chi connectivity index (χ1n) is 1.80. The van der Waals surface area contributed by atoms with Crippen LogP contribution in [0.25, 0.3) is 0 Å². The zero-order chi connectivity index (χ0) is 7.71. The quantitative estimate of drug-likeness (QED) is 0.369. The Morgan fingerprint density at radius 2 is 1.10 bits per heavy atom. The normalized spacial score (nSPS) is 12.4. The van der Waals surface area contributed by atoms with Gasteiger partial charge in [0.05, 0.1) is 0 Å². The van der Waals surface area contributed by atoms with Gasteiger partial charge in [-0.3, -0.25) is 9.13 Å². The molecule has 0 aromatic heterocycles. The van der Waals surface area contributed by atoms with Crippen LogP contribution in [0.4, 0.5) is 0 Å². The molecule has 0 aliphatic carbocycles. The molecule has 7 N–H and O–H groups in total. The summed E-state index contributed by atoms with van der Waals surface area (Å²) >= 11 is 0. The van der Waals surface area contributed by atoms with Crippen molar-refractivity contribution in [3.63, 3.8) is 0 Å². The van der Waals surface area contributed by atoms with Gasteiger partial charge in [-0.2, -0.15) is 0 Å². The Morgan fingerprint density at radius 1 is 0.900 bits per heavy atom. The molecule has 0 aromatic rings. The smallest absolute Gasteiger partial charge is 0.337 e. The molecule has 0 atom stereocenters. The van der Waals surface area contributed by atoms with Crippen molar-refractivity contribution in [1.29, 1.82) is 0 Å². The molecule has 0 unspecified atom stereocenters. The minimum Gasteiger partial charge on any atom is -0.344 e. The van der Waals surface area contributed by atoms with E-state index in [1.807, 2.05) is 0 Å². The summed E-state index contributed by atoms with van der Waals surface area (Å²) in [6.07, 6.45) is 0. The Bertz CT molecular complexity index is 156. The van der Waals surface area contributed by atoms with Crippen LogP contribution < -0.4 is 6.15 Å². The third-order valence-corrected chi connectivity index (χ3v) is 3.32. The zero-order valence-electron chi connectivity index (χ0n) is 4.91. The maximum absolute atomic E-state index is 9.85. The maximum Gasteiger partial charge on any atom is 0.337 e. The molecule has 9 heteroatoms. The molecule has 0 radical (unpaired) electrons. The van der Waals surface area contributed by atoms with Crippen molar-refractivity contribution in [3.8, 4) is 0 Å². The molecule has 0 rings (SSSR count). The lowest BCUT2D eigenvalue weighted by atomic mass is 11.9. The van der Waals surface area contributed by atoms with E-state index in [-0.39, 0.29) is 6.15 Å². The summed E-state index contributed by atoms with van der Waals surface area (Å²) in [5.41, 5.74) is 0. The van der Waals surface area contributed by atoms with Gasteiger partial charge < -0.3 is 25.7 Å². The van der Waals surface area contributed by atoms with Crippen molar-refractivity contribution in [1.82, 2.24) is 6.15 Å². The third kappa shape index (κ3) is 11.1. The molecular weight excluding hydrogens is 184 g/mol. The highest BCUT2D eigenvalue weighted by Crippen LogP contribution is 2.51. The van der Waals surface area contributed by atoms with Crippen molar-refractivity contribution in [3.05, 3.63) is 0 Å². The Balaban J connectivity index is 0. The van der Waals surface area contributed by atoms with Crippen LogP contribution in [0.1, 0.15) is 0 Å². The van der Waals surface area contributed by atoms with Gasteiger partial charge in [-0.1, -0.05) is 0 Å². The monoisotopic (exact) mass is 193 g/mol. The van der Waals surface area contributed by atoms with Crippen LogP contribution >= 0.6 is 15.2 Å². The average Bonchev–Trinajstić information content (AvgIpc) is 1.14. The van der Waals surface area contributed by atoms with Crippen molar-refractivity contribution in [2.24, 2.45) is 0 Å². The summed E-state index contributed by atoms with van der Waals surface area (Å²) in [6.45, 7) is 0. The van der Waals surface area contributed by atoms with Crippen LogP contribution in [0.5, 0.6) is 0 Å². The van der Waals surface area contributed by atoms with Gasteiger partial charge in [-0.05, 0) is 0 Å². The molecule has 0 fully saturated rings. The summed E-state index contributed by atoms with van der Waals surface area (Å²) in [4.78, 5) is 31.9. The van der Waals surface area contributed by atoms with Crippen LogP contribution in [-0.4, -0.2) is 25.5 Å². The first-order chi connectivity index (χ1) is 3.71. The van der Waals surface area contributed by atoms with Gasteiger partial charge in [0.15, 0.2) is 5.90 Å². The van der Waals surface area contributed by atoms with Crippen molar-refractivity contribution >= 4 is 15.2 Å². The molecule has 7 nitrogen and oxygen atoms in total. The fourth-order valence-electron chi connectivity index (χ4n) is 0.240. The molecule has 0 saturated carbocycles. The van der Waals surface area contributed by atoms with Gasteiger partial charge in [-0.15, -0.1) is 0 Å². The van der Waals surface area contributed by atoms with Gasteiger partial charge in [0.1, 0.15) is 0 Å². The summed E-state index contributed by atoms with van der Waals surface area (Å²) in [5, 5.41) is 0. The van der Waals surface area contributed by atoms with E-state index in [9.17, 15) is 9.13 Å². The molecule has 0 aliphatic rings. The Labute approximate surface area is 57.0 Å². The summed E-state index contributed by atoms with van der Waals surface area (Å²) in [7, 11) is -9.10. The third-order valence-electron chi connectivity index (χ3n) is 0.368. The number of rotatable bonds is 2. The molecule has 0 amide bonds. The molecule has 0 bridgehead atoms. The van der Waals surface area contributed by atoms with Gasteiger partial charge in [0, 0.05) is 0 Å². The van der Waals surface area contributed by atoms with E-state index in [2.05, 4.69) is 0 Å². The molecular formula is CH9NO6P2. The van der Waals surface area contributed by atoms with E-state index >= 15 is 0 Å². The molecule has 0 heterocycles. The highest BCUT2D eigenvalue weighted by atomic mass is 31.2. The lowest BCUT2D eigenvalue weighted by molar-refractivity contribution is 0.357. The van der Waals surface area contributed by atoms with E-state index in [1.165, 1.54) is 0 Å². The van der Waals surface area contributed by atoms with Crippen molar-refractivity contribution in [2.75, 3.05) is 5.90 Å². The summed E-state index contributed by atoms with van der Waals surface area (Å²) in [5.74, 6) is -1.38. The minimum absolute atomic E-state index is 0. The summed E-state index contributed by atoms with van der Waals surface area (Å²) < 4.78 is 19.7. The highest BCUT2D eigenvalue weighted by molar-refractivity contribution is 7.69. The van der Waals surface area contributed by atoms with Crippen molar-refractivity contribution < 1.29 is 28.7 Å². The van der Waals surface area contributed by atoms with E-state index in [0.29, 0.717) is 0 Å². The first kappa shape index (κ1) is 12.9. The van der Waals surface area contributed by atoms with Gasteiger partial charge in [0.25, 0.3) is 0 Å². The van der Waals surface area contributed by atoms with Crippen LogP contribution in [0, 0.1) is 0 Å². The molecule has 0 aliphatic heterocycles. The Morgan fingerprint density at radius 3 is 1.10 bits per heavy atom. The SMILES string of the molecule is N.O=P(O)(O)CP(=O)(O)O. The second-order valence-electron chi connectivity index (χ2n) is 1.47. The minimum atomic E-state index is -4.55. The first-order valence-corrected chi connectivity index (χ1v) is 5.39.